The van der Waals surface area contributed by atoms with Crippen molar-refractivity contribution in [3.63, 3.8) is 0 Å². The minimum Gasteiger partial charge on any atom is -0.273 e. The molecular weight excluding hydrogens is 317 g/mol. The summed E-state index contributed by atoms with van der Waals surface area (Å²) >= 11 is 4.61. The van der Waals surface area contributed by atoms with Gasteiger partial charge < -0.3 is 0 Å². The Labute approximate surface area is 117 Å². The minimum absolute atomic E-state index is 0.343. The predicted octanol–water partition coefficient (Wildman–Crippen LogP) is 3.84. The van der Waals surface area contributed by atoms with Gasteiger partial charge in [0.2, 0.25) is 0 Å². The third kappa shape index (κ3) is 2.86. The maximum atomic E-state index is 13.1. The van der Waals surface area contributed by atoms with Crippen LogP contribution in [0.25, 0.3) is 0 Å². The maximum absolute atomic E-state index is 13.1. The van der Waals surface area contributed by atoms with Gasteiger partial charge in [0.25, 0.3) is 0 Å². The van der Waals surface area contributed by atoms with Crippen molar-refractivity contribution >= 4 is 33.0 Å². The lowest BCUT2D eigenvalue weighted by Crippen LogP contribution is -2.15. The van der Waals surface area contributed by atoms with E-state index in [0.29, 0.717) is 16.7 Å². The van der Waals surface area contributed by atoms with Crippen molar-refractivity contribution in [2.45, 2.75) is 13.5 Å². The molecule has 1 aromatic carbocycles. The van der Waals surface area contributed by atoms with Crippen molar-refractivity contribution in [3.8, 4) is 6.19 Å². The van der Waals surface area contributed by atoms with Crippen LogP contribution in [0.1, 0.15) is 10.7 Å². The second-order valence-electron chi connectivity index (χ2n) is 3.67. The van der Waals surface area contributed by atoms with Gasteiger partial charge in [0.1, 0.15) is 10.8 Å². The summed E-state index contributed by atoms with van der Waals surface area (Å²) in [6.45, 7) is 2.30. The molecule has 2 rings (SSSR count). The molecule has 18 heavy (non-hydrogen) atoms. The number of halogens is 2. The Morgan fingerprint density at radius 2 is 2.33 bits per heavy atom. The molecule has 0 aliphatic heterocycles. The van der Waals surface area contributed by atoms with Gasteiger partial charge in [0, 0.05) is 11.1 Å². The van der Waals surface area contributed by atoms with Crippen LogP contribution in [-0.4, -0.2) is 4.98 Å². The van der Waals surface area contributed by atoms with Crippen molar-refractivity contribution in [2.75, 3.05) is 4.90 Å². The van der Waals surface area contributed by atoms with E-state index < -0.39 is 0 Å². The summed E-state index contributed by atoms with van der Waals surface area (Å²) in [7, 11) is 0. The van der Waals surface area contributed by atoms with Crippen molar-refractivity contribution < 1.29 is 4.39 Å². The van der Waals surface area contributed by atoms with E-state index in [4.69, 9.17) is 5.26 Å². The van der Waals surface area contributed by atoms with Crippen LogP contribution >= 0.6 is 27.3 Å². The SMILES string of the molecule is Cc1csc(CN(C#N)c2ccc(F)c(Br)c2)n1. The molecule has 0 saturated carbocycles. The zero-order valence-electron chi connectivity index (χ0n) is 9.52. The van der Waals surface area contributed by atoms with E-state index in [1.807, 2.05) is 12.3 Å². The average molecular weight is 326 g/mol. The topological polar surface area (TPSA) is 39.9 Å². The van der Waals surface area contributed by atoms with E-state index in [1.165, 1.54) is 22.3 Å². The van der Waals surface area contributed by atoms with Crippen LogP contribution < -0.4 is 4.90 Å². The smallest absolute Gasteiger partial charge is 0.184 e. The van der Waals surface area contributed by atoms with Crippen LogP contribution in [0.4, 0.5) is 10.1 Å². The van der Waals surface area contributed by atoms with Gasteiger partial charge in [-0.1, -0.05) is 0 Å². The van der Waals surface area contributed by atoms with Crippen molar-refractivity contribution in [1.29, 1.82) is 5.26 Å². The fraction of sp³-hybridized carbons (Fsp3) is 0.167. The molecule has 2 aromatic rings. The zero-order valence-corrected chi connectivity index (χ0v) is 11.9. The van der Waals surface area contributed by atoms with Crippen molar-refractivity contribution in [1.82, 2.24) is 4.98 Å². The number of anilines is 1. The number of thiazole rings is 1. The van der Waals surface area contributed by atoms with Crippen LogP contribution in [-0.2, 0) is 6.54 Å². The van der Waals surface area contributed by atoms with Crippen LogP contribution in [0, 0.1) is 24.2 Å². The Morgan fingerprint density at radius 1 is 1.56 bits per heavy atom. The largest absolute Gasteiger partial charge is 0.273 e. The molecule has 0 spiro atoms. The molecule has 3 nitrogen and oxygen atoms in total. The van der Waals surface area contributed by atoms with Gasteiger partial charge in [-0.15, -0.1) is 11.3 Å². The first-order valence-electron chi connectivity index (χ1n) is 5.13. The second kappa shape index (κ2) is 5.46. The lowest BCUT2D eigenvalue weighted by Gasteiger charge is -2.14. The first-order valence-corrected chi connectivity index (χ1v) is 6.80. The molecule has 0 saturated heterocycles. The summed E-state index contributed by atoms with van der Waals surface area (Å²) in [6, 6.07) is 4.49. The Balaban J connectivity index is 2.23. The average Bonchev–Trinajstić information content (AvgIpc) is 2.75. The molecule has 0 aliphatic carbocycles. The lowest BCUT2D eigenvalue weighted by atomic mass is 10.3. The molecule has 0 unspecified atom stereocenters. The number of nitrogens with zero attached hydrogens (tertiary/aromatic N) is 3. The zero-order chi connectivity index (χ0) is 13.1. The molecule has 1 aromatic heterocycles. The third-order valence-electron chi connectivity index (χ3n) is 2.30. The highest BCUT2D eigenvalue weighted by molar-refractivity contribution is 9.10. The van der Waals surface area contributed by atoms with Crippen LogP contribution in [0.5, 0.6) is 0 Å². The first kappa shape index (κ1) is 13.0. The van der Waals surface area contributed by atoms with Gasteiger partial charge in [0.05, 0.1) is 16.7 Å². The Morgan fingerprint density at radius 3 is 2.89 bits per heavy atom. The maximum Gasteiger partial charge on any atom is 0.184 e. The molecular formula is C12H9BrFN3S. The fourth-order valence-electron chi connectivity index (χ4n) is 1.45. The third-order valence-corrected chi connectivity index (χ3v) is 3.85. The van der Waals surface area contributed by atoms with Gasteiger partial charge >= 0.3 is 0 Å². The van der Waals surface area contributed by atoms with E-state index in [0.717, 1.165) is 10.7 Å². The van der Waals surface area contributed by atoms with Crippen LogP contribution in [0.3, 0.4) is 0 Å². The van der Waals surface area contributed by atoms with Gasteiger partial charge in [-0.05, 0) is 41.1 Å². The van der Waals surface area contributed by atoms with Gasteiger partial charge in [-0.3, -0.25) is 4.90 Å². The summed E-state index contributed by atoms with van der Waals surface area (Å²) in [5.41, 5.74) is 1.58. The molecule has 0 aliphatic rings. The molecule has 1 heterocycles. The summed E-state index contributed by atoms with van der Waals surface area (Å²) in [5, 5.41) is 11.9. The van der Waals surface area contributed by atoms with E-state index >= 15 is 0 Å². The van der Waals surface area contributed by atoms with Crippen molar-refractivity contribution in [3.05, 3.63) is 44.6 Å². The Bertz CT molecular complexity index is 606. The van der Waals surface area contributed by atoms with Crippen LogP contribution in [0.2, 0.25) is 0 Å². The summed E-state index contributed by atoms with van der Waals surface area (Å²) in [4.78, 5) is 5.78. The summed E-state index contributed by atoms with van der Waals surface area (Å²) < 4.78 is 13.5. The van der Waals surface area contributed by atoms with E-state index in [1.54, 1.807) is 12.1 Å². The van der Waals surface area contributed by atoms with Gasteiger partial charge in [-0.2, -0.15) is 5.26 Å². The lowest BCUT2D eigenvalue weighted by molar-refractivity contribution is 0.621. The number of hydrogen-bond acceptors (Lipinski definition) is 4. The van der Waals surface area contributed by atoms with Gasteiger partial charge in [0.15, 0.2) is 6.19 Å². The predicted molar refractivity (Wildman–Crippen MR) is 72.7 cm³/mol. The molecule has 0 amide bonds. The number of nitriles is 1. The molecule has 92 valence electrons. The highest BCUT2D eigenvalue weighted by Gasteiger charge is 2.11. The minimum atomic E-state index is -0.346. The monoisotopic (exact) mass is 325 g/mol. The number of rotatable bonds is 3. The van der Waals surface area contributed by atoms with Gasteiger partial charge in [-0.25, -0.2) is 9.37 Å². The Kier molecular flexibility index (Phi) is 3.94. The summed E-state index contributed by atoms with van der Waals surface area (Å²) in [5.74, 6) is -0.346. The normalized spacial score (nSPS) is 10.1. The molecule has 6 heteroatoms. The number of aryl methyl sites for hydroxylation is 1. The Hall–Kier alpha value is -1.45. The fourth-order valence-corrected chi connectivity index (χ4v) is 2.57. The highest BCUT2D eigenvalue weighted by Crippen LogP contribution is 2.24. The van der Waals surface area contributed by atoms with Crippen molar-refractivity contribution in [2.24, 2.45) is 0 Å². The first-order chi connectivity index (χ1) is 8.60. The molecule has 0 bridgehead atoms. The molecule has 0 fully saturated rings. The standard InChI is InChI=1S/C12H9BrFN3S/c1-8-6-18-12(16-8)5-17(7-15)9-2-3-11(14)10(13)4-9/h2-4,6H,5H2,1H3. The summed E-state index contributed by atoms with van der Waals surface area (Å²) in [6.07, 6.45) is 2.08. The van der Waals surface area contributed by atoms with Crippen LogP contribution in [0.15, 0.2) is 28.1 Å². The number of aromatic nitrogens is 1. The van der Waals surface area contributed by atoms with E-state index in [-0.39, 0.29) is 5.82 Å². The molecule has 0 N–H and O–H groups in total. The number of benzene rings is 1. The van der Waals surface area contributed by atoms with E-state index in [2.05, 4.69) is 27.1 Å². The number of hydrogen-bond donors (Lipinski definition) is 0. The molecule has 0 radical (unpaired) electrons. The van der Waals surface area contributed by atoms with E-state index in [9.17, 15) is 4.39 Å². The molecule has 0 atom stereocenters. The second-order valence-corrected chi connectivity index (χ2v) is 5.46. The quantitative estimate of drug-likeness (QED) is 0.635. The highest BCUT2D eigenvalue weighted by atomic mass is 79.9.